The van der Waals surface area contributed by atoms with Crippen molar-refractivity contribution in [2.75, 3.05) is 24.5 Å². The van der Waals surface area contributed by atoms with E-state index in [-0.39, 0.29) is 74.9 Å². The monoisotopic (exact) mass is 663 g/mol. The molecule has 15 heteroatoms. The number of fused-ring (bicyclic) bond motifs is 1. The Bertz CT molecular complexity index is 1890. The number of piperazine rings is 1. The lowest BCUT2D eigenvalue weighted by Gasteiger charge is -2.42. The van der Waals surface area contributed by atoms with Gasteiger partial charge in [0.25, 0.3) is 5.91 Å². The number of carboxylic acids is 1. The number of hydrogen-bond acceptors (Lipinski definition) is 7. The molecule has 10 nitrogen and oxygen atoms in total. The minimum atomic E-state index is -1.49. The maximum absolute atomic E-state index is 15.9. The van der Waals surface area contributed by atoms with Crippen LogP contribution < -0.4 is 15.6 Å². The molecule has 1 aliphatic heterocycles. The summed E-state index contributed by atoms with van der Waals surface area (Å²) in [7, 11) is 0. The molecule has 5 rings (SSSR count). The van der Waals surface area contributed by atoms with Gasteiger partial charge in [0, 0.05) is 44.0 Å². The van der Waals surface area contributed by atoms with Crippen molar-refractivity contribution in [1.82, 2.24) is 19.9 Å². The van der Waals surface area contributed by atoms with E-state index in [1.54, 1.807) is 43.9 Å². The van der Waals surface area contributed by atoms with E-state index < -0.39 is 40.5 Å². The lowest BCUT2D eigenvalue weighted by molar-refractivity contribution is 0.0694. The fourth-order valence-corrected chi connectivity index (χ4v) is 6.34. The normalized spacial score (nSPS) is 15.1. The molecule has 1 fully saturated rings. The van der Waals surface area contributed by atoms with Crippen LogP contribution in [0.2, 0.25) is 10.0 Å². The number of aromatic nitrogens is 2. The zero-order chi connectivity index (χ0) is 32.0. The van der Waals surface area contributed by atoms with E-state index in [1.807, 2.05) is 0 Å². The van der Waals surface area contributed by atoms with Gasteiger partial charge in [0.05, 0.1) is 20.9 Å². The third-order valence-electron chi connectivity index (χ3n) is 7.52. The van der Waals surface area contributed by atoms with Gasteiger partial charge in [-0.1, -0.05) is 34.4 Å². The highest BCUT2D eigenvalue weighted by Crippen LogP contribution is 2.37. The number of aryl methyl sites for hydroxylation is 2. The molecule has 2 N–H and O–H groups in total. The van der Waals surface area contributed by atoms with Crippen LogP contribution in [0.25, 0.3) is 22.2 Å². The van der Waals surface area contributed by atoms with Crippen molar-refractivity contribution in [1.29, 1.82) is 0 Å². The van der Waals surface area contributed by atoms with Crippen LogP contribution in [0.3, 0.4) is 0 Å². The number of halogens is 4. The molecule has 0 bridgehead atoms. The van der Waals surface area contributed by atoms with Gasteiger partial charge in [-0.15, -0.1) is 0 Å². The molecule has 1 aliphatic rings. The molecule has 230 valence electrons. The van der Waals surface area contributed by atoms with Crippen molar-refractivity contribution in [3.63, 3.8) is 0 Å². The SMILES string of the molecule is CCn1cc(C(=O)O)c(=O)c2cc(F)c(N3CCN(C(=S)NC(=O)c4c(-c5c(Cl)cccc5Cl)noc4C)[C@@H](C)C3)c(F)c21. The fraction of sp³-hybridized carbons (Fsp3) is 0.276. The van der Waals surface area contributed by atoms with Crippen LogP contribution in [-0.2, 0) is 6.54 Å². The highest BCUT2D eigenvalue weighted by atomic mass is 35.5. The Hall–Kier alpha value is -4.07. The van der Waals surface area contributed by atoms with Gasteiger partial charge < -0.3 is 24.0 Å². The maximum Gasteiger partial charge on any atom is 0.341 e. The number of thiocarbonyl (C=S) groups is 1. The van der Waals surface area contributed by atoms with E-state index in [4.69, 9.17) is 39.9 Å². The van der Waals surface area contributed by atoms with E-state index in [9.17, 15) is 19.5 Å². The number of carboxylic acid groups (broad SMARTS) is 1. The van der Waals surface area contributed by atoms with Crippen LogP contribution in [-0.4, -0.2) is 62.4 Å². The average Bonchev–Trinajstić information content (AvgIpc) is 3.34. The summed E-state index contributed by atoms with van der Waals surface area (Å²) >= 11 is 18.2. The predicted molar refractivity (Wildman–Crippen MR) is 166 cm³/mol. The quantitative estimate of drug-likeness (QED) is 0.267. The van der Waals surface area contributed by atoms with E-state index in [0.29, 0.717) is 5.56 Å². The molecule has 1 amide bonds. The number of pyridine rings is 1. The summed E-state index contributed by atoms with van der Waals surface area (Å²) in [5.74, 6) is -3.83. The van der Waals surface area contributed by atoms with Crippen molar-refractivity contribution in [3.05, 3.63) is 79.3 Å². The van der Waals surface area contributed by atoms with Crippen molar-refractivity contribution >= 4 is 69.0 Å². The summed E-state index contributed by atoms with van der Waals surface area (Å²) in [5.41, 5.74) is -1.49. The molecule has 44 heavy (non-hydrogen) atoms. The van der Waals surface area contributed by atoms with Crippen molar-refractivity contribution in [3.8, 4) is 11.3 Å². The number of carbonyl (C=O) groups excluding carboxylic acids is 1. The number of hydrogen-bond donors (Lipinski definition) is 2. The number of amides is 1. The summed E-state index contributed by atoms with van der Waals surface area (Å²) in [6, 6.07) is 5.34. The molecule has 1 saturated heterocycles. The highest BCUT2D eigenvalue weighted by molar-refractivity contribution is 7.80. The lowest BCUT2D eigenvalue weighted by atomic mass is 10.1. The first-order chi connectivity index (χ1) is 20.8. The molecular formula is C29H25Cl2F2N5O5S. The second-order valence-electron chi connectivity index (χ2n) is 10.2. The molecule has 2 aromatic carbocycles. The molecule has 0 unspecified atom stereocenters. The first-order valence-electron chi connectivity index (χ1n) is 13.4. The average molecular weight is 665 g/mol. The van der Waals surface area contributed by atoms with Gasteiger partial charge in [-0.2, -0.15) is 0 Å². The molecule has 0 radical (unpaired) electrons. The summed E-state index contributed by atoms with van der Waals surface area (Å²) in [6.07, 6.45) is 1.06. The van der Waals surface area contributed by atoms with E-state index in [2.05, 4.69) is 10.5 Å². The Balaban J connectivity index is 1.38. The minimum absolute atomic E-state index is 0.0828. The van der Waals surface area contributed by atoms with E-state index in [1.165, 1.54) is 9.47 Å². The highest BCUT2D eigenvalue weighted by Gasteiger charge is 2.32. The van der Waals surface area contributed by atoms with Gasteiger partial charge in [0.1, 0.15) is 34.1 Å². The lowest BCUT2D eigenvalue weighted by Crippen LogP contribution is -2.57. The Morgan fingerprint density at radius 1 is 1.23 bits per heavy atom. The standard InChI is InChI=1S/C29H25Cl2F2N5O5S/c1-4-36-12-16(28(41)42)26(39)15-10-19(32)25(22(33)24(15)36)37-8-9-38(13(2)11-37)29(44)34-27(40)20-14(3)43-35-23(20)21-17(30)6-5-7-18(21)31/h5-7,10,12-13H,4,8-9,11H2,1-3H3,(H,41,42)(H,34,40,44)/t13-/m0/s1. The number of rotatable bonds is 5. The summed E-state index contributed by atoms with van der Waals surface area (Å²) in [4.78, 5) is 40.8. The Morgan fingerprint density at radius 2 is 1.91 bits per heavy atom. The van der Waals surface area contributed by atoms with Crippen LogP contribution >= 0.6 is 35.4 Å². The Kier molecular flexibility index (Phi) is 8.65. The van der Waals surface area contributed by atoms with Gasteiger partial charge in [0.15, 0.2) is 10.9 Å². The summed E-state index contributed by atoms with van der Waals surface area (Å²) < 4.78 is 37.9. The predicted octanol–water partition coefficient (Wildman–Crippen LogP) is 5.49. The van der Waals surface area contributed by atoms with Crippen LogP contribution in [0.5, 0.6) is 0 Å². The molecule has 1 atom stereocenters. The molecule has 0 spiro atoms. The molecule has 0 aliphatic carbocycles. The van der Waals surface area contributed by atoms with Crippen LogP contribution in [0.4, 0.5) is 14.5 Å². The third kappa shape index (κ3) is 5.39. The zero-order valence-electron chi connectivity index (χ0n) is 23.6. The van der Waals surface area contributed by atoms with Crippen molar-refractivity contribution in [2.24, 2.45) is 0 Å². The van der Waals surface area contributed by atoms with Crippen LogP contribution in [0.1, 0.15) is 40.3 Å². The van der Waals surface area contributed by atoms with E-state index in [0.717, 1.165) is 12.3 Å². The fourth-order valence-electron chi connectivity index (χ4n) is 5.40. The van der Waals surface area contributed by atoms with Gasteiger partial charge >= 0.3 is 5.97 Å². The zero-order valence-corrected chi connectivity index (χ0v) is 25.9. The molecule has 4 aromatic rings. The van der Waals surface area contributed by atoms with Crippen LogP contribution in [0.15, 0.2) is 39.8 Å². The third-order valence-corrected chi connectivity index (χ3v) is 8.48. The summed E-state index contributed by atoms with van der Waals surface area (Å²) in [5, 5.41) is 16.3. The van der Waals surface area contributed by atoms with Crippen molar-refractivity contribution in [2.45, 2.75) is 33.4 Å². The van der Waals surface area contributed by atoms with Gasteiger partial charge in [-0.05, 0) is 51.2 Å². The molecule has 0 saturated carbocycles. The number of nitrogens with one attached hydrogen (secondary N) is 1. The number of aromatic carboxylic acids is 1. The second kappa shape index (κ2) is 12.1. The molecule has 3 heterocycles. The number of carbonyl (C=O) groups is 2. The first kappa shape index (κ1) is 31.4. The Morgan fingerprint density at radius 3 is 2.52 bits per heavy atom. The second-order valence-corrected chi connectivity index (χ2v) is 11.4. The smallest absolute Gasteiger partial charge is 0.341 e. The number of nitrogens with zero attached hydrogens (tertiary/aromatic N) is 4. The first-order valence-corrected chi connectivity index (χ1v) is 14.6. The largest absolute Gasteiger partial charge is 0.477 e. The minimum Gasteiger partial charge on any atom is -0.477 e. The summed E-state index contributed by atoms with van der Waals surface area (Å²) in [6.45, 7) is 5.58. The van der Waals surface area contributed by atoms with Crippen molar-refractivity contribution < 1.29 is 28.0 Å². The number of benzene rings is 2. The van der Waals surface area contributed by atoms with E-state index >= 15 is 8.78 Å². The molecular weight excluding hydrogens is 639 g/mol. The van der Waals surface area contributed by atoms with Gasteiger partial charge in [0.2, 0.25) is 5.43 Å². The van der Waals surface area contributed by atoms with Gasteiger partial charge in [-0.3, -0.25) is 14.9 Å². The molecule has 2 aromatic heterocycles. The maximum atomic E-state index is 15.9. The van der Waals surface area contributed by atoms with Crippen LogP contribution in [0, 0.1) is 18.6 Å². The topological polar surface area (TPSA) is 121 Å². The Labute approximate surface area is 264 Å². The van der Waals surface area contributed by atoms with Gasteiger partial charge in [-0.25, -0.2) is 13.6 Å². The number of anilines is 1.